The molecule has 1 fully saturated rings. The molecule has 0 saturated carbocycles. The largest absolute Gasteiger partial charge is 0.285 e. The monoisotopic (exact) mass is 321 g/mol. The lowest BCUT2D eigenvalue weighted by Crippen LogP contribution is -2.30. The Kier molecular flexibility index (Phi) is 4.04. The minimum atomic E-state index is 0.480. The Hall–Kier alpha value is -2.24. The molecule has 0 amide bonds. The second-order valence-corrected chi connectivity index (χ2v) is 6.68. The van der Waals surface area contributed by atoms with Crippen molar-refractivity contribution in [1.29, 1.82) is 0 Å². The fourth-order valence-corrected chi connectivity index (χ4v) is 3.75. The highest BCUT2D eigenvalue weighted by Gasteiger charge is 2.29. The van der Waals surface area contributed by atoms with Crippen molar-refractivity contribution in [3.05, 3.63) is 54.6 Å². The van der Waals surface area contributed by atoms with E-state index in [-0.39, 0.29) is 0 Å². The minimum Gasteiger partial charge on any atom is -0.285 e. The molecule has 5 nitrogen and oxygen atoms in total. The molecule has 1 saturated heterocycles. The Morgan fingerprint density at radius 1 is 1.00 bits per heavy atom. The first-order chi connectivity index (χ1) is 11.7. The van der Waals surface area contributed by atoms with Crippen LogP contribution in [0.5, 0.6) is 0 Å². The van der Waals surface area contributed by atoms with Gasteiger partial charge in [-0.1, -0.05) is 36.4 Å². The van der Waals surface area contributed by atoms with Crippen LogP contribution in [0.3, 0.4) is 0 Å². The van der Waals surface area contributed by atoms with Crippen LogP contribution in [0.25, 0.3) is 16.5 Å². The van der Waals surface area contributed by atoms with Crippen molar-refractivity contribution in [3.63, 3.8) is 0 Å². The molecule has 24 heavy (non-hydrogen) atoms. The van der Waals surface area contributed by atoms with Gasteiger partial charge in [-0.15, -0.1) is 10.2 Å². The molecule has 0 radical (unpaired) electrons. The molecule has 2 aromatic carbocycles. The van der Waals surface area contributed by atoms with Crippen LogP contribution in [0.2, 0.25) is 0 Å². The van der Waals surface area contributed by atoms with Crippen LogP contribution >= 0.6 is 0 Å². The second kappa shape index (κ2) is 6.34. The molecular formula is C19H23N5. The molecular weight excluding hydrogens is 298 g/mol. The van der Waals surface area contributed by atoms with Crippen LogP contribution in [0.4, 0.5) is 0 Å². The maximum absolute atomic E-state index is 4.38. The average molecular weight is 321 g/mol. The third-order valence-electron chi connectivity index (χ3n) is 5.17. The number of nitrogens with zero attached hydrogens (tertiary/aromatic N) is 3. The Morgan fingerprint density at radius 2 is 1.75 bits per heavy atom. The molecule has 0 bridgehead atoms. The lowest BCUT2D eigenvalue weighted by Gasteiger charge is -2.17. The Morgan fingerprint density at radius 3 is 2.58 bits per heavy atom. The van der Waals surface area contributed by atoms with Gasteiger partial charge in [0.2, 0.25) is 0 Å². The summed E-state index contributed by atoms with van der Waals surface area (Å²) in [5.74, 6) is 1.63. The van der Waals surface area contributed by atoms with Crippen LogP contribution in [-0.4, -0.2) is 26.8 Å². The molecule has 3 aromatic rings. The minimum absolute atomic E-state index is 0.480. The van der Waals surface area contributed by atoms with E-state index in [1.165, 1.54) is 10.8 Å². The summed E-state index contributed by atoms with van der Waals surface area (Å²) in [6.07, 6.45) is 3.84. The van der Waals surface area contributed by atoms with E-state index in [9.17, 15) is 0 Å². The van der Waals surface area contributed by atoms with E-state index >= 15 is 0 Å². The SMILES string of the molecule is CC1NNC(C)C1CCc1nncn1-c1cccc2ccccc12. The topological polar surface area (TPSA) is 54.8 Å². The van der Waals surface area contributed by atoms with Gasteiger partial charge in [0.15, 0.2) is 0 Å². The van der Waals surface area contributed by atoms with E-state index in [0.717, 1.165) is 24.4 Å². The smallest absolute Gasteiger partial charge is 0.137 e. The number of hydrogen-bond acceptors (Lipinski definition) is 4. The second-order valence-electron chi connectivity index (χ2n) is 6.68. The molecule has 5 heteroatoms. The van der Waals surface area contributed by atoms with Crippen molar-refractivity contribution in [1.82, 2.24) is 25.6 Å². The number of aromatic nitrogens is 3. The highest BCUT2D eigenvalue weighted by atomic mass is 15.4. The predicted octanol–water partition coefficient (Wildman–Crippen LogP) is 2.85. The van der Waals surface area contributed by atoms with Crippen LogP contribution in [0, 0.1) is 5.92 Å². The zero-order chi connectivity index (χ0) is 16.5. The van der Waals surface area contributed by atoms with E-state index in [1.807, 2.05) is 6.33 Å². The fourth-order valence-electron chi connectivity index (χ4n) is 3.75. The number of benzene rings is 2. The summed E-state index contributed by atoms with van der Waals surface area (Å²) in [6, 6.07) is 15.8. The Labute approximate surface area is 142 Å². The summed E-state index contributed by atoms with van der Waals surface area (Å²) in [5.41, 5.74) is 7.80. The summed E-state index contributed by atoms with van der Waals surface area (Å²) in [5, 5.41) is 11.0. The lowest BCUT2D eigenvalue weighted by molar-refractivity contribution is 0.409. The van der Waals surface area contributed by atoms with Gasteiger partial charge in [-0.2, -0.15) is 0 Å². The molecule has 2 atom stereocenters. The van der Waals surface area contributed by atoms with Gasteiger partial charge in [0.1, 0.15) is 12.2 Å². The molecule has 2 unspecified atom stereocenters. The molecule has 1 aliphatic rings. The summed E-state index contributed by atoms with van der Waals surface area (Å²) in [4.78, 5) is 0. The maximum Gasteiger partial charge on any atom is 0.137 e. The van der Waals surface area contributed by atoms with E-state index in [1.54, 1.807) is 0 Å². The molecule has 1 aliphatic heterocycles. The summed E-state index contributed by atoms with van der Waals surface area (Å²) in [6.45, 7) is 4.47. The van der Waals surface area contributed by atoms with Crippen molar-refractivity contribution in [3.8, 4) is 5.69 Å². The summed E-state index contributed by atoms with van der Waals surface area (Å²) >= 11 is 0. The van der Waals surface area contributed by atoms with Crippen molar-refractivity contribution in [2.24, 2.45) is 5.92 Å². The van der Waals surface area contributed by atoms with Crippen molar-refractivity contribution in [2.75, 3.05) is 0 Å². The standard InChI is InChI=1S/C19H23N5/c1-13-16(14(2)22-21-13)10-11-19-23-20-12-24(19)18-9-5-7-15-6-3-4-8-17(15)18/h3-9,12-14,16,21-22H,10-11H2,1-2H3. The van der Waals surface area contributed by atoms with Gasteiger partial charge < -0.3 is 0 Å². The zero-order valence-corrected chi connectivity index (χ0v) is 14.1. The van der Waals surface area contributed by atoms with Crippen LogP contribution in [0.15, 0.2) is 48.8 Å². The average Bonchev–Trinajstić information content (AvgIpc) is 3.19. The number of hydrogen-bond donors (Lipinski definition) is 2. The van der Waals surface area contributed by atoms with Gasteiger partial charge in [0.05, 0.1) is 5.69 Å². The zero-order valence-electron chi connectivity index (χ0n) is 14.1. The lowest BCUT2D eigenvalue weighted by atomic mass is 9.91. The quantitative estimate of drug-likeness (QED) is 0.776. The van der Waals surface area contributed by atoms with E-state index in [2.05, 4.69) is 81.9 Å². The Bertz CT molecular complexity index is 825. The first-order valence-electron chi connectivity index (χ1n) is 8.62. The van der Waals surface area contributed by atoms with Gasteiger partial charge in [-0.3, -0.25) is 15.4 Å². The van der Waals surface area contributed by atoms with Gasteiger partial charge in [-0.25, -0.2) is 0 Å². The molecule has 2 N–H and O–H groups in total. The third kappa shape index (κ3) is 2.70. The highest BCUT2D eigenvalue weighted by molar-refractivity contribution is 5.90. The summed E-state index contributed by atoms with van der Waals surface area (Å²) in [7, 11) is 0. The number of hydrazine groups is 1. The van der Waals surface area contributed by atoms with Crippen molar-refractivity contribution < 1.29 is 0 Å². The van der Waals surface area contributed by atoms with E-state index in [0.29, 0.717) is 18.0 Å². The molecule has 2 heterocycles. The molecule has 124 valence electrons. The highest BCUT2D eigenvalue weighted by Crippen LogP contribution is 2.25. The number of nitrogens with one attached hydrogen (secondary N) is 2. The van der Waals surface area contributed by atoms with Crippen molar-refractivity contribution in [2.45, 2.75) is 38.8 Å². The number of aryl methyl sites for hydroxylation is 1. The molecule has 0 aliphatic carbocycles. The first-order valence-corrected chi connectivity index (χ1v) is 8.62. The van der Waals surface area contributed by atoms with E-state index in [4.69, 9.17) is 0 Å². The van der Waals surface area contributed by atoms with Crippen LogP contribution < -0.4 is 10.9 Å². The predicted molar refractivity (Wildman–Crippen MR) is 95.9 cm³/mol. The Balaban J connectivity index is 1.63. The van der Waals surface area contributed by atoms with Gasteiger partial charge in [-0.05, 0) is 37.6 Å². The fraction of sp³-hybridized carbons (Fsp3) is 0.368. The normalized spacial score (nSPS) is 23.8. The number of rotatable bonds is 4. The number of fused-ring (bicyclic) bond motifs is 1. The molecule has 4 rings (SSSR count). The van der Waals surface area contributed by atoms with Gasteiger partial charge in [0.25, 0.3) is 0 Å². The molecule has 0 spiro atoms. The van der Waals surface area contributed by atoms with Crippen LogP contribution in [0.1, 0.15) is 26.1 Å². The summed E-state index contributed by atoms with van der Waals surface area (Å²) < 4.78 is 2.13. The first kappa shape index (κ1) is 15.3. The third-order valence-corrected chi connectivity index (χ3v) is 5.17. The maximum atomic E-state index is 4.38. The van der Waals surface area contributed by atoms with Gasteiger partial charge in [0, 0.05) is 23.9 Å². The molecule has 1 aromatic heterocycles. The van der Waals surface area contributed by atoms with Gasteiger partial charge >= 0.3 is 0 Å². The van der Waals surface area contributed by atoms with E-state index < -0.39 is 0 Å². The van der Waals surface area contributed by atoms with Crippen molar-refractivity contribution >= 4 is 10.8 Å². The van der Waals surface area contributed by atoms with Crippen LogP contribution in [-0.2, 0) is 6.42 Å².